The molecule has 0 heterocycles. The van der Waals surface area contributed by atoms with Gasteiger partial charge in [0.25, 0.3) is 0 Å². The fraction of sp³-hybridized carbons (Fsp3) is 0.0435. The van der Waals surface area contributed by atoms with Gasteiger partial charge in [0.2, 0.25) is 0 Å². The molecule has 0 radical (unpaired) electrons. The molecule has 3 rings (SSSR count). The molecule has 0 saturated heterocycles. The Labute approximate surface area is 162 Å². The Balaban J connectivity index is 0.00000225. The molecular formula is C23H22BrP. The number of hydrogen-bond donors (Lipinski definition) is 0. The van der Waals surface area contributed by atoms with Crippen LogP contribution in [-0.4, -0.2) is 6.16 Å². The van der Waals surface area contributed by atoms with Gasteiger partial charge in [-0.05, 0) is 42.5 Å². The lowest BCUT2D eigenvalue weighted by molar-refractivity contribution is -0.00000463. The second kappa shape index (κ2) is 9.51. The Bertz CT molecular complexity index is 699. The van der Waals surface area contributed by atoms with E-state index in [1.165, 1.54) is 15.9 Å². The largest absolute Gasteiger partial charge is 1.00 e. The van der Waals surface area contributed by atoms with Crippen molar-refractivity contribution in [2.45, 2.75) is 0 Å². The molecule has 0 N–H and O–H groups in total. The second-order valence-electron chi connectivity index (χ2n) is 5.66. The maximum Gasteiger partial charge on any atom is 0.115 e. The number of allylic oxidation sites excluding steroid dienone is 3. The summed E-state index contributed by atoms with van der Waals surface area (Å²) in [6.07, 6.45) is 7.17. The van der Waals surface area contributed by atoms with E-state index in [0.717, 1.165) is 6.16 Å². The van der Waals surface area contributed by atoms with E-state index >= 15 is 0 Å². The average molecular weight is 409 g/mol. The van der Waals surface area contributed by atoms with Gasteiger partial charge in [-0.25, -0.2) is 0 Å². The summed E-state index contributed by atoms with van der Waals surface area (Å²) >= 11 is 0. The molecule has 0 fully saturated rings. The molecule has 0 bridgehead atoms. The summed E-state index contributed by atoms with van der Waals surface area (Å²) in [4.78, 5) is 0. The standard InChI is InChI=1S/C23H22P.BrH/c1-2-3-13-20-24(21-14-7-4-8-15-21,22-16-9-5-10-17-22)23-18-11-6-12-19-23;/h2-19H,1,20H2;1H/q+1;/p-1. The Hall–Kier alpha value is -1.95. The fourth-order valence-electron chi connectivity index (χ4n) is 3.13. The van der Waals surface area contributed by atoms with Gasteiger partial charge in [-0.2, -0.15) is 0 Å². The van der Waals surface area contributed by atoms with Gasteiger partial charge in [-0.15, -0.1) is 0 Å². The average Bonchev–Trinajstić information content (AvgIpc) is 2.68. The minimum Gasteiger partial charge on any atom is -1.00 e. The van der Waals surface area contributed by atoms with Crippen molar-refractivity contribution in [1.29, 1.82) is 0 Å². The van der Waals surface area contributed by atoms with Crippen LogP contribution in [0.1, 0.15) is 0 Å². The smallest absolute Gasteiger partial charge is 0.115 e. The summed E-state index contributed by atoms with van der Waals surface area (Å²) in [5.74, 6) is 0. The van der Waals surface area contributed by atoms with Crippen LogP contribution in [0.15, 0.2) is 116 Å². The lowest BCUT2D eigenvalue weighted by atomic mass is 10.4. The zero-order valence-corrected chi connectivity index (χ0v) is 16.6. The van der Waals surface area contributed by atoms with Crippen LogP contribution >= 0.6 is 7.26 Å². The Morgan fingerprint density at radius 1 is 0.640 bits per heavy atom. The highest BCUT2D eigenvalue weighted by Crippen LogP contribution is 2.55. The van der Waals surface area contributed by atoms with Crippen molar-refractivity contribution >= 4 is 23.2 Å². The molecule has 0 amide bonds. The molecule has 0 aliphatic carbocycles. The van der Waals surface area contributed by atoms with E-state index in [-0.39, 0.29) is 17.0 Å². The van der Waals surface area contributed by atoms with Crippen LogP contribution in [0.5, 0.6) is 0 Å². The fourth-order valence-corrected chi connectivity index (χ4v) is 7.13. The summed E-state index contributed by atoms with van der Waals surface area (Å²) in [5.41, 5.74) is 0. The van der Waals surface area contributed by atoms with Crippen molar-refractivity contribution in [1.82, 2.24) is 0 Å². The van der Waals surface area contributed by atoms with Gasteiger partial charge in [-0.3, -0.25) is 0 Å². The third-order valence-corrected chi connectivity index (χ3v) is 8.54. The topological polar surface area (TPSA) is 0 Å². The van der Waals surface area contributed by atoms with Crippen molar-refractivity contribution < 1.29 is 17.0 Å². The third-order valence-electron chi connectivity index (χ3n) is 4.24. The molecule has 0 nitrogen and oxygen atoms in total. The Kier molecular flexibility index (Phi) is 7.37. The van der Waals surface area contributed by atoms with E-state index in [0.29, 0.717) is 0 Å². The summed E-state index contributed by atoms with van der Waals surface area (Å²) in [5, 5.41) is 4.24. The second-order valence-corrected chi connectivity index (χ2v) is 9.20. The van der Waals surface area contributed by atoms with E-state index in [1.807, 2.05) is 6.08 Å². The minimum absolute atomic E-state index is 0. The van der Waals surface area contributed by atoms with Gasteiger partial charge in [0, 0.05) is 0 Å². The van der Waals surface area contributed by atoms with Crippen LogP contribution < -0.4 is 32.9 Å². The molecule has 0 atom stereocenters. The normalized spacial score (nSPS) is 11.0. The summed E-state index contributed by atoms with van der Waals surface area (Å²) in [6, 6.07) is 32.8. The quantitative estimate of drug-likeness (QED) is 0.430. The van der Waals surface area contributed by atoms with Crippen LogP contribution in [0.4, 0.5) is 0 Å². The number of halogens is 1. The van der Waals surface area contributed by atoms with Crippen molar-refractivity contribution in [2.24, 2.45) is 0 Å². The maximum atomic E-state index is 3.82. The van der Waals surface area contributed by atoms with E-state index in [1.54, 1.807) is 0 Å². The molecule has 0 aliphatic heterocycles. The number of rotatable bonds is 6. The van der Waals surface area contributed by atoms with E-state index < -0.39 is 7.26 Å². The highest BCUT2D eigenvalue weighted by atomic mass is 79.9. The third kappa shape index (κ3) is 4.18. The molecule has 0 spiro atoms. The molecule has 0 unspecified atom stereocenters. The molecule has 0 aliphatic rings. The van der Waals surface area contributed by atoms with E-state index in [9.17, 15) is 0 Å². The summed E-state index contributed by atoms with van der Waals surface area (Å²) in [7, 11) is -1.72. The molecular weight excluding hydrogens is 387 g/mol. The zero-order valence-electron chi connectivity index (χ0n) is 14.1. The predicted molar refractivity (Wildman–Crippen MR) is 109 cm³/mol. The molecule has 0 saturated carbocycles. The van der Waals surface area contributed by atoms with Gasteiger partial charge in [-0.1, -0.05) is 73.3 Å². The number of benzene rings is 3. The van der Waals surface area contributed by atoms with Gasteiger partial charge >= 0.3 is 0 Å². The van der Waals surface area contributed by atoms with Crippen LogP contribution in [0.2, 0.25) is 0 Å². The van der Waals surface area contributed by atoms with Crippen LogP contribution in [0, 0.1) is 0 Å². The highest BCUT2D eigenvalue weighted by Gasteiger charge is 2.43. The Morgan fingerprint density at radius 3 is 1.32 bits per heavy atom. The van der Waals surface area contributed by atoms with E-state index in [4.69, 9.17) is 0 Å². The highest BCUT2D eigenvalue weighted by molar-refractivity contribution is 7.95. The summed E-state index contributed by atoms with van der Waals surface area (Å²) in [6.45, 7) is 3.82. The first-order valence-electron chi connectivity index (χ1n) is 8.20. The first kappa shape index (κ1) is 19.4. The molecule has 3 aromatic rings. The molecule has 126 valence electrons. The summed E-state index contributed by atoms with van der Waals surface area (Å²) < 4.78 is 0. The van der Waals surface area contributed by atoms with Gasteiger partial charge < -0.3 is 17.0 Å². The van der Waals surface area contributed by atoms with Gasteiger partial charge in [0.05, 0.1) is 6.16 Å². The van der Waals surface area contributed by atoms with Crippen molar-refractivity contribution in [3.63, 3.8) is 0 Å². The molecule has 3 aromatic carbocycles. The van der Waals surface area contributed by atoms with Gasteiger partial charge in [0.1, 0.15) is 23.2 Å². The van der Waals surface area contributed by atoms with Crippen molar-refractivity contribution in [2.75, 3.05) is 6.16 Å². The first-order valence-corrected chi connectivity index (χ1v) is 10.2. The molecule has 0 aromatic heterocycles. The van der Waals surface area contributed by atoms with E-state index in [2.05, 4.69) is 110 Å². The van der Waals surface area contributed by atoms with Crippen molar-refractivity contribution in [3.05, 3.63) is 116 Å². The lowest BCUT2D eigenvalue weighted by Crippen LogP contribution is -3.00. The number of hydrogen-bond acceptors (Lipinski definition) is 0. The van der Waals surface area contributed by atoms with Crippen LogP contribution in [0.3, 0.4) is 0 Å². The SMILES string of the molecule is C=CC=CC[P+](c1ccccc1)(c1ccccc1)c1ccccc1.[Br-]. The monoisotopic (exact) mass is 408 g/mol. The maximum absolute atomic E-state index is 3.82. The molecule has 2 heteroatoms. The molecule has 25 heavy (non-hydrogen) atoms. The predicted octanol–water partition coefficient (Wildman–Crippen LogP) is 1.73. The Morgan fingerprint density at radius 2 is 1.00 bits per heavy atom. The van der Waals surface area contributed by atoms with Crippen LogP contribution in [-0.2, 0) is 0 Å². The first-order chi connectivity index (χ1) is 11.9. The van der Waals surface area contributed by atoms with Crippen molar-refractivity contribution in [3.8, 4) is 0 Å². The lowest BCUT2D eigenvalue weighted by Gasteiger charge is -2.26. The van der Waals surface area contributed by atoms with Gasteiger partial charge in [0.15, 0.2) is 0 Å². The van der Waals surface area contributed by atoms with Crippen LogP contribution in [0.25, 0.3) is 0 Å². The zero-order chi connectivity index (χ0) is 16.7. The minimum atomic E-state index is -1.72.